The molecule has 3 rings (SSSR count). The number of aryl methyl sites for hydroxylation is 1. The number of rotatable bonds is 4. The van der Waals surface area contributed by atoms with Crippen molar-refractivity contribution in [3.8, 4) is 0 Å². The van der Waals surface area contributed by atoms with Gasteiger partial charge in [0, 0.05) is 19.3 Å². The van der Waals surface area contributed by atoms with Crippen LogP contribution in [0.25, 0.3) is 0 Å². The molecule has 0 aromatic carbocycles. The maximum atomic E-state index is 12.6. The third kappa shape index (κ3) is 3.29. The molecule has 6 nitrogen and oxygen atoms in total. The monoisotopic (exact) mass is 315 g/mol. The Morgan fingerprint density at radius 2 is 2.23 bits per heavy atom. The zero-order valence-corrected chi connectivity index (χ0v) is 12.0. The Kier molecular flexibility index (Phi) is 3.90. The lowest BCUT2D eigenvalue weighted by atomic mass is 10.2. The first-order valence-electron chi connectivity index (χ1n) is 7.03. The second-order valence-electron chi connectivity index (χ2n) is 5.39. The molecule has 1 atom stereocenters. The summed E-state index contributed by atoms with van der Waals surface area (Å²) in [6.45, 7) is 1.80. The molecule has 2 aromatic heterocycles. The molecule has 22 heavy (non-hydrogen) atoms. The summed E-state index contributed by atoms with van der Waals surface area (Å²) < 4.78 is 43.8. The van der Waals surface area contributed by atoms with Gasteiger partial charge in [0.2, 0.25) is 5.89 Å². The fourth-order valence-corrected chi connectivity index (χ4v) is 2.77. The molecule has 1 aliphatic heterocycles. The van der Waals surface area contributed by atoms with E-state index < -0.39 is 12.7 Å². The Morgan fingerprint density at radius 1 is 1.41 bits per heavy atom. The molecule has 1 aliphatic rings. The number of aromatic nitrogens is 4. The minimum absolute atomic E-state index is 0.0338. The highest BCUT2D eigenvalue weighted by molar-refractivity contribution is 5.01. The van der Waals surface area contributed by atoms with Crippen LogP contribution in [-0.4, -0.2) is 37.3 Å². The Labute approximate surface area is 124 Å². The Hall–Kier alpha value is -1.90. The van der Waals surface area contributed by atoms with E-state index in [4.69, 9.17) is 4.52 Å². The topological polar surface area (TPSA) is 60.0 Å². The molecule has 0 saturated carbocycles. The van der Waals surface area contributed by atoms with Crippen LogP contribution in [0.4, 0.5) is 13.2 Å². The number of hydrogen-bond acceptors (Lipinski definition) is 5. The summed E-state index contributed by atoms with van der Waals surface area (Å²) in [7, 11) is 0. The summed E-state index contributed by atoms with van der Waals surface area (Å²) in [5.74, 6) is 1.47. The van der Waals surface area contributed by atoms with E-state index in [-0.39, 0.29) is 6.04 Å². The first-order chi connectivity index (χ1) is 10.4. The van der Waals surface area contributed by atoms with Crippen molar-refractivity contribution < 1.29 is 17.7 Å². The lowest BCUT2D eigenvalue weighted by molar-refractivity contribution is -0.141. The Morgan fingerprint density at radius 3 is 2.91 bits per heavy atom. The summed E-state index contributed by atoms with van der Waals surface area (Å²) in [6, 6.07) is -0.0338. The summed E-state index contributed by atoms with van der Waals surface area (Å²) in [4.78, 5) is 10.3. The standard InChI is InChI=1S/C13H16F3N5O/c1-9-18-12(19-22-9)10-3-2-5-20(10)7-11-17-4-6-21(11)8-13(14,15)16/h4,6,10H,2-3,5,7-8H2,1H3/t10-/m0/s1. The van der Waals surface area contributed by atoms with Crippen LogP contribution in [0.5, 0.6) is 0 Å². The molecule has 0 aliphatic carbocycles. The van der Waals surface area contributed by atoms with Crippen molar-refractivity contribution in [1.82, 2.24) is 24.6 Å². The van der Waals surface area contributed by atoms with E-state index in [1.165, 1.54) is 12.4 Å². The molecule has 0 radical (unpaired) electrons. The van der Waals surface area contributed by atoms with Crippen molar-refractivity contribution in [2.45, 2.75) is 45.1 Å². The summed E-state index contributed by atoms with van der Waals surface area (Å²) in [5, 5.41) is 3.92. The lowest BCUT2D eigenvalue weighted by Crippen LogP contribution is -2.27. The third-order valence-electron chi connectivity index (χ3n) is 3.70. The van der Waals surface area contributed by atoms with Gasteiger partial charge in [-0.05, 0) is 19.4 Å². The van der Waals surface area contributed by atoms with E-state index in [1.54, 1.807) is 6.92 Å². The normalized spacial score (nSPS) is 19.9. The lowest BCUT2D eigenvalue weighted by Gasteiger charge is -2.22. The SMILES string of the molecule is Cc1nc([C@@H]2CCCN2Cc2nccn2CC(F)(F)F)no1. The minimum atomic E-state index is -4.26. The zero-order valence-electron chi connectivity index (χ0n) is 12.0. The smallest absolute Gasteiger partial charge is 0.340 e. The number of alkyl halides is 3. The van der Waals surface area contributed by atoms with Gasteiger partial charge in [0.25, 0.3) is 0 Å². The van der Waals surface area contributed by atoms with Crippen LogP contribution in [0.2, 0.25) is 0 Å². The van der Waals surface area contributed by atoms with Crippen molar-refractivity contribution in [2.24, 2.45) is 0 Å². The van der Waals surface area contributed by atoms with Gasteiger partial charge in [0.05, 0.1) is 12.6 Å². The highest BCUT2D eigenvalue weighted by atomic mass is 19.4. The van der Waals surface area contributed by atoms with E-state index in [2.05, 4.69) is 15.1 Å². The van der Waals surface area contributed by atoms with Gasteiger partial charge in [0.15, 0.2) is 5.82 Å². The largest absolute Gasteiger partial charge is 0.406 e. The zero-order chi connectivity index (χ0) is 15.7. The van der Waals surface area contributed by atoms with Crippen molar-refractivity contribution in [3.05, 3.63) is 29.9 Å². The molecule has 3 heterocycles. The fraction of sp³-hybridized carbons (Fsp3) is 0.615. The van der Waals surface area contributed by atoms with Crippen LogP contribution in [0.1, 0.15) is 36.4 Å². The predicted octanol–water partition coefficient (Wildman–Crippen LogP) is 2.47. The van der Waals surface area contributed by atoms with E-state index in [0.717, 1.165) is 24.0 Å². The quantitative estimate of drug-likeness (QED) is 0.867. The Balaban J connectivity index is 1.74. The number of likely N-dealkylation sites (tertiary alicyclic amines) is 1. The number of nitrogens with zero attached hydrogens (tertiary/aromatic N) is 5. The molecule has 0 amide bonds. The molecule has 9 heteroatoms. The van der Waals surface area contributed by atoms with Gasteiger partial charge in [-0.2, -0.15) is 18.2 Å². The molecule has 1 fully saturated rings. The van der Waals surface area contributed by atoms with Gasteiger partial charge in [-0.3, -0.25) is 4.90 Å². The van der Waals surface area contributed by atoms with Crippen molar-refractivity contribution in [2.75, 3.05) is 6.54 Å². The van der Waals surface area contributed by atoms with Crippen LogP contribution in [0.15, 0.2) is 16.9 Å². The van der Waals surface area contributed by atoms with Crippen LogP contribution in [0, 0.1) is 6.92 Å². The average molecular weight is 315 g/mol. The minimum Gasteiger partial charge on any atom is -0.340 e. The van der Waals surface area contributed by atoms with E-state index in [1.807, 2.05) is 4.90 Å². The van der Waals surface area contributed by atoms with Gasteiger partial charge >= 0.3 is 6.18 Å². The molecule has 0 bridgehead atoms. The first-order valence-corrected chi connectivity index (χ1v) is 7.03. The van der Waals surface area contributed by atoms with Crippen LogP contribution >= 0.6 is 0 Å². The number of hydrogen-bond donors (Lipinski definition) is 0. The van der Waals surface area contributed by atoms with E-state index in [9.17, 15) is 13.2 Å². The predicted molar refractivity (Wildman–Crippen MR) is 69.7 cm³/mol. The van der Waals surface area contributed by atoms with Gasteiger partial charge in [-0.25, -0.2) is 4.98 Å². The summed E-state index contributed by atoms with van der Waals surface area (Å²) in [5.41, 5.74) is 0. The highest BCUT2D eigenvalue weighted by Gasteiger charge is 2.32. The average Bonchev–Trinajstić information content (AvgIpc) is 3.11. The van der Waals surface area contributed by atoms with Gasteiger partial charge < -0.3 is 9.09 Å². The molecule has 120 valence electrons. The molecule has 0 N–H and O–H groups in total. The van der Waals surface area contributed by atoms with Gasteiger partial charge in [-0.1, -0.05) is 5.16 Å². The Bertz CT molecular complexity index is 636. The first kappa shape index (κ1) is 15.0. The van der Waals surface area contributed by atoms with E-state index in [0.29, 0.717) is 24.1 Å². The maximum Gasteiger partial charge on any atom is 0.406 e. The molecule has 0 unspecified atom stereocenters. The van der Waals surface area contributed by atoms with E-state index >= 15 is 0 Å². The van der Waals surface area contributed by atoms with Crippen LogP contribution in [0.3, 0.4) is 0 Å². The second kappa shape index (κ2) is 5.71. The van der Waals surface area contributed by atoms with Crippen molar-refractivity contribution in [3.63, 3.8) is 0 Å². The number of halogens is 3. The molecular weight excluding hydrogens is 299 g/mol. The third-order valence-corrected chi connectivity index (χ3v) is 3.70. The molecule has 0 spiro atoms. The molecule has 1 saturated heterocycles. The van der Waals surface area contributed by atoms with Crippen molar-refractivity contribution >= 4 is 0 Å². The van der Waals surface area contributed by atoms with Gasteiger partial charge in [-0.15, -0.1) is 0 Å². The van der Waals surface area contributed by atoms with Crippen molar-refractivity contribution in [1.29, 1.82) is 0 Å². The molecule has 2 aromatic rings. The van der Waals surface area contributed by atoms with Crippen LogP contribution in [-0.2, 0) is 13.1 Å². The van der Waals surface area contributed by atoms with Crippen LogP contribution < -0.4 is 0 Å². The number of imidazole rings is 1. The maximum absolute atomic E-state index is 12.6. The highest BCUT2D eigenvalue weighted by Crippen LogP contribution is 2.31. The second-order valence-corrected chi connectivity index (χ2v) is 5.39. The summed E-state index contributed by atoms with van der Waals surface area (Å²) in [6.07, 6.45) is 0.291. The summed E-state index contributed by atoms with van der Waals surface area (Å²) >= 11 is 0. The fourth-order valence-electron chi connectivity index (χ4n) is 2.77. The van der Waals surface area contributed by atoms with Gasteiger partial charge in [0.1, 0.15) is 12.4 Å². The molecular formula is C13H16F3N5O.